The van der Waals surface area contributed by atoms with E-state index in [2.05, 4.69) is 5.10 Å². The summed E-state index contributed by atoms with van der Waals surface area (Å²) in [6, 6.07) is 12.3. The van der Waals surface area contributed by atoms with Crippen LogP contribution in [-0.4, -0.2) is 21.9 Å². The maximum atomic E-state index is 12.6. The smallest absolute Gasteiger partial charge is 0.248 e. The van der Waals surface area contributed by atoms with Gasteiger partial charge in [-0.2, -0.15) is 5.10 Å². The monoisotopic (exact) mass is 392 g/mol. The second-order valence-corrected chi connectivity index (χ2v) is 8.46. The molecule has 0 aromatic heterocycles. The van der Waals surface area contributed by atoms with Gasteiger partial charge in [0.25, 0.3) is 0 Å². The van der Waals surface area contributed by atoms with Crippen LogP contribution in [0.15, 0.2) is 52.5 Å². The van der Waals surface area contributed by atoms with Crippen molar-refractivity contribution in [2.75, 3.05) is 10.8 Å². The third-order valence-corrected chi connectivity index (χ3v) is 6.38. The molecule has 2 aromatic rings. The Morgan fingerprint density at radius 1 is 1.12 bits per heavy atom. The second kappa shape index (κ2) is 6.65. The van der Waals surface area contributed by atoms with Crippen molar-refractivity contribution in [2.24, 2.45) is 11.0 Å². The van der Waals surface area contributed by atoms with Gasteiger partial charge in [0.05, 0.1) is 17.0 Å². The quantitative estimate of drug-likeness (QED) is 0.680. The maximum Gasteiger partial charge on any atom is 0.248 e. The van der Waals surface area contributed by atoms with Crippen molar-refractivity contribution in [1.29, 1.82) is 0 Å². The minimum Gasteiger partial charge on any atom is -0.611 e. The number of carbonyl (C=O) groups is 1. The first-order valence-electron chi connectivity index (χ1n) is 7.88. The summed E-state index contributed by atoms with van der Waals surface area (Å²) in [6.07, 6.45) is 1.00. The number of benzene rings is 2. The molecule has 0 bridgehead atoms. The average Bonchev–Trinajstić information content (AvgIpc) is 2.72. The lowest BCUT2D eigenvalue weighted by atomic mass is 9.90. The topological polar surface area (TPSA) is 55.7 Å². The van der Waals surface area contributed by atoms with Gasteiger partial charge in [0.2, 0.25) is 5.91 Å². The van der Waals surface area contributed by atoms with Crippen LogP contribution in [-0.2, 0) is 16.0 Å². The fourth-order valence-electron chi connectivity index (χ4n) is 3.20. The highest BCUT2D eigenvalue weighted by Gasteiger charge is 2.37. The Balaban J connectivity index is 1.84. The molecule has 128 valence electrons. The highest BCUT2D eigenvalue weighted by Crippen LogP contribution is 2.35. The van der Waals surface area contributed by atoms with Gasteiger partial charge in [-0.3, -0.25) is 4.79 Å². The fourth-order valence-corrected chi connectivity index (χ4v) is 4.84. The lowest BCUT2D eigenvalue weighted by Gasteiger charge is -2.28. The Labute approximate surface area is 158 Å². The van der Waals surface area contributed by atoms with Crippen molar-refractivity contribution in [3.05, 3.63) is 58.1 Å². The molecule has 2 aromatic carbocycles. The van der Waals surface area contributed by atoms with Crippen LogP contribution < -0.4 is 5.01 Å². The van der Waals surface area contributed by atoms with Gasteiger partial charge in [0, 0.05) is 28.8 Å². The van der Waals surface area contributed by atoms with E-state index in [0.29, 0.717) is 34.3 Å². The normalized spacial score (nSPS) is 22.8. The van der Waals surface area contributed by atoms with Crippen molar-refractivity contribution in [3.63, 3.8) is 0 Å². The summed E-state index contributed by atoms with van der Waals surface area (Å²) in [6.45, 7) is 0. The molecule has 2 unspecified atom stereocenters. The third-order valence-electron chi connectivity index (χ3n) is 4.44. The molecule has 0 radical (unpaired) electrons. The summed E-state index contributed by atoms with van der Waals surface area (Å²) in [5.74, 6) is 0.402. The predicted octanol–water partition coefficient (Wildman–Crippen LogP) is 4.26. The molecule has 7 heteroatoms. The van der Waals surface area contributed by atoms with Crippen LogP contribution in [0.25, 0.3) is 0 Å². The lowest BCUT2D eigenvalue weighted by molar-refractivity contribution is -0.119. The Kier molecular flexibility index (Phi) is 4.50. The number of anilines is 1. The largest absolute Gasteiger partial charge is 0.611 e. The van der Waals surface area contributed by atoms with E-state index in [1.54, 1.807) is 42.5 Å². The van der Waals surface area contributed by atoms with Crippen LogP contribution in [0.2, 0.25) is 10.0 Å². The van der Waals surface area contributed by atoms with Gasteiger partial charge in [-0.1, -0.05) is 23.2 Å². The Morgan fingerprint density at radius 2 is 1.84 bits per heavy atom. The first kappa shape index (κ1) is 16.9. The van der Waals surface area contributed by atoms with Crippen LogP contribution in [0.3, 0.4) is 0 Å². The summed E-state index contributed by atoms with van der Waals surface area (Å²) in [5.41, 5.74) is 2.21. The van der Waals surface area contributed by atoms with Gasteiger partial charge in [-0.25, -0.2) is 5.01 Å². The second-order valence-electron chi connectivity index (χ2n) is 6.05. The number of halogens is 2. The number of rotatable bonds is 1. The molecular formula is C18H14Cl2N2O2S. The molecule has 2 aliphatic rings. The van der Waals surface area contributed by atoms with Crippen LogP contribution in [0.4, 0.5) is 5.69 Å². The number of hydrogen-bond donors (Lipinski definition) is 0. The zero-order chi connectivity index (χ0) is 17.6. The lowest BCUT2D eigenvalue weighted by Crippen LogP contribution is -2.37. The average molecular weight is 393 g/mol. The minimum atomic E-state index is -1.11. The zero-order valence-electron chi connectivity index (χ0n) is 13.1. The fraction of sp³-hybridized carbons (Fsp3) is 0.222. The molecule has 0 fully saturated rings. The van der Waals surface area contributed by atoms with Crippen LogP contribution in [0.1, 0.15) is 18.4 Å². The van der Waals surface area contributed by atoms with Crippen molar-refractivity contribution in [1.82, 2.24) is 0 Å². The third kappa shape index (κ3) is 3.17. The number of amides is 1. The first-order chi connectivity index (χ1) is 12.0. The molecule has 1 amide bonds. The Morgan fingerprint density at radius 3 is 2.60 bits per heavy atom. The Bertz CT molecular complexity index is 870. The van der Waals surface area contributed by atoms with Crippen LogP contribution in [0, 0.1) is 5.92 Å². The van der Waals surface area contributed by atoms with E-state index in [9.17, 15) is 9.35 Å². The number of carbonyl (C=O) groups excluding carboxylic acids is 1. The summed E-state index contributed by atoms with van der Waals surface area (Å²) < 4.78 is 12.5. The standard InChI is InChI=1S/C18H14Cl2N2O2S/c19-12-1-4-14(5-2-12)22-17(23)9-11-7-8-25(24)16-6-3-13(20)10-15(16)18(11)21-22/h1-6,10-11H,7-9H2. The van der Waals surface area contributed by atoms with Gasteiger partial charge in [0.1, 0.15) is 5.75 Å². The van der Waals surface area contributed by atoms with Crippen molar-refractivity contribution >= 4 is 51.7 Å². The summed E-state index contributed by atoms with van der Waals surface area (Å²) in [7, 11) is 0. The van der Waals surface area contributed by atoms with E-state index in [1.807, 2.05) is 0 Å². The maximum absolute atomic E-state index is 12.6. The van der Waals surface area contributed by atoms with Gasteiger partial charge in [-0.05, 0) is 53.6 Å². The SMILES string of the molecule is O=C1CC2CC[S+]([O-])c3ccc(Cl)cc3C2=NN1c1ccc(Cl)cc1. The van der Waals surface area contributed by atoms with E-state index in [-0.39, 0.29) is 11.8 Å². The minimum absolute atomic E-state index is 0.0419. The van der Waals surface area contributed by atoms with E-state index < -0.39 is 11.2 Å². The summed E-state index contributed by atoms with van der Waals surface area (Å²) in [5, 5.41) is 7.19. The molecule has 2 aliphatic heterocycles. The van der Waals surface area contributed by atoms with E-state index in [1.165, 1.54) is 5.01 Å². The first-order valence-corrected chi connectivity index (χ1v) is 9.96. The van der Waals surface area contributed by atoms with Crippen molar-refractivity contribution < 1.29 is 9.35 Å². The van der Waals surface area contributed by atoms with Crippen molar-refractivity contribution in [2.45, 2.75) is 17.7 Å². The molecule has 2 atom stereocenters. The molecule has 4 nitrogen and oxygen atoms in total. The molecule has 0 aliphatic carbocycles. The number of hydrogen-bond acceptors (Lipinski definition) is 3. The van der Waals surface area contributed by atoms with E-state index >= 15 is 0 Å². The zero-order valence-corrected chi connectivity index (χ0v) is 15.4. The molecule has 0 spiro atoms. The molecular weight excluding hydrogens is 379 g/mol. The number of hydrazone groups is 1. The van der Waals surface area contributed by atoms with Crippen molar-refractivity contribution in [3.8, 4) is 0 Å². The van der Waals surface area contributed by atoms with Crippen LogP contribution >= 0.6 is 23.2 Å². The molecule has 0 saturated heterocycles. The van der Waals surface area contributed by atoms with Crippen LogP contribution in [0.5, 0.6) is 0 Å². The molecule has 2 heterocycles. The summed E-state index contributed by atoms with van der Waals surface area (Å²) in [4.78, 5) is 13.3. The van der Waals surface area contributed by atoms with E-state index in [4.69, 9.17) is 23.2 Å². The molecule has 25 heavy (non-hydrogen) atoms. The van der Waals surface area contributed by atoms with Gasteiger partial charge >= 0.3 is 0 Å². The molecule has 4 rings (SSSR count). The van der Waals surface area contributed by atoms with E-state index in [0.717, 1.165) is 16.2 Å². The Hall–Kier alpha value is -1.53. The highest BCUT2D eigenvalue weighted by molar-refractivity contribution is 7.91. The highest BCUT2D eigenvalue weighted by atomic mass is 35.5. The predicted molar refractivity (Wildman–Crippen MR) is 101 cm³/mol. The van der Waals surface area contributed by atoms with Gasteiger partial charge in [0.15, 0.2) is 4.90 Å². The number of fused-ring (bicyclic) bond motifs is 3. The summed E-state index contributed by atoms with van der Waals surface area (Å²) >= 11 is 11.0. The molecule has 0 saturated carbocycles. The molecule has 0 N–H and O–H groups in total. The van der Waals surface area contributed by atoms with Gasteiger partial charge in [-0.15, -0.1) is 0 Å². The number of nitrogens with zero attached hydrogens (tertiary/aromatic N) is 2. The van der Waals surface area contributed by atoms with Gasteiger partial charge < -0.3 is 4.55 Å².